The minimum atomic E-state index is -3.55. The smallest absolute Gasteiger partial charge is 0.277 e. The molecule has 2 aromatic carbocycles. The predicted molar refractivity (Wildman–Crippen MR) is 116 cm³/mol. The van der Waals surface area contributed by atoms with E-state index in [2.05, 4.69) is 15.2 Å². The van der Waals surface area contributed by atoms with Crippen LogP contribution < -0.4 is 0 Å². The Hall–Kier alpha value is -2.76. The van der Waals surface area contributed by atoms with Crippen molar-refractivity contribution in [2.45, 2.75) is 29.3 Å². The fraction of sp³-hybridized carbons (Fsp3) is 0.250. The number of aromatic nitrogens is 4. The first kappa shape index (κ1) is 21.5. The van der Waals surface area contributed by atoms with Crippen LogP contribution >= 0.6 is 11.8 Å². The summed E-state index contributed by atoms with van der Waals surface area (Å²) < 4.78 is 47.5. The maximum Gasteiger partial charge on any atom is 0.277 e. The molecule has 0 amide bonds. The molecule has 0 saturated carbocycles. The van der Waals surface area contributed by atoms with Crippen molar-refractivity contribution < 1.29 is 17.2 Å². The summed E-state index contributed by atoms with van der Waals surface area (Å²) in [6.45, 7) is 2.65. The van der Waals surface area contributed by atoms with Crippen molar-refractivity contribution in [3.8, 4) is 11.5 Å². The molecule has 31 heavy (non-hydrogen) atoms. The average molecular weight is 462 g/mol. The molecule has 162 valence electrons. The Morgan fingerprint density at radius 1 is 1.16 bits per heavy atom. The van der Waals surface area contributed by atoms with Crippen LogP contribution in [0.25, 0.3) is 22.5 Å². The second-order valence-electron chi connectivity index (χ2n) is 6.85. The molecule has 2 aromatic heterocycles. The number of sulfonamides is 1. The predicted octanol–water partition coefficient (Wildman–Crippen LogP) is 3.79. The zero-order valence-corrected chi connectivity index (χ0v) is 18.7. The molecular formula is C20H20FN5O3S2. The second kappa shape index (κ2) is 8.40. The van der Waals surface area contributed by atoms with Gasteiger partial charge in [-0.15, -0.1) is 10.2 Å². The van der Waals surface area contributed by atoms with Gasteiger partial charge in [0.15, 0.2) is 0 Å². The van der Waals surface area contributed by atoms with Gasteiger partial charge < -0.3 is 8.98 Å². The van der Waals surface area contributed by atoms with E-state index in [4.69, 9.17) is 4.42 Å². The number of halogens is 1. The minimum absolute atomic E-state index is 0.114. The Balaban J connectivity index is 1.60. The highest BCUT2D eigenvalue weighted by Crippen LogP contribution is 2.29. The second-order valence-corrected chi connectivity index (χ2v) is 9.93. The van der Waals surface area contributed by atoms with E-state index in [9.17, 15) is 12.8 Å². The largest absolute Gasteiger partial charge is 0.411 e. The molecule has 4 rings (SSSR count). The SMILES string of the molecule is CCn1c(CSc2nnc(-c3ccccc3F)o2)nc2cc(S(=O)(=O)N(C)C)ccc21. The fourth-order valence-corrected chi connectivity index (χ4v) is 4.76. The third-order valence-corrected chi connectivity index (χ3v) is 7.35. The minimum Gasteiger partial charge on any atom is -0.411 e. The van der Waals surface area contributed by atoms with Crippen LogP contribution in [-0.2, 0) is 22.3 Å². The van der Waals surface area contributed by atoms with Crippen LogP contribution in [0.2, 0.25) is 0 Å². The molecule has 0 spiro atoms. The van der Waals surface area contributed by atoms with Crippen LogP contribution in [0.3, 0.4) is 0 Å². The third-order valence-electron chi connectivity index (χ3n) is 4.73. The maximum atomic E-state index is 13.9. The van der Waals surface area contributed by atoms with E-state index >= 15 is 0 Å². The Labute approximate surface area is 183 Å². The van der Waals surface area contributed by atoms with E-state index in [1.165, 1.54) is 36.2 Å². The highest BCUT2D eigenvalue weighted by atomic mass is 32.2. The van der Waals surface area contributed by atoms with Crippen molar-refractivity contribution in [1.82, 2.24) is 24.1 Å². The molecule has 8 nitrogen and oxygen atoms in total. The molecule has 0 saturated heterocycles. The van der Waals surface area contributed by atoms with Gasteiger partial charge in [-0.05, 0) is 37.3 Å². The molecule has 0 unspecified atom stereocenters. The average Bonchev–Trinajstić information content (AvgIpc) is 3.35. The van der Waals surface area contributed by atoms with Gasteiger partial charge in [0, 0.05) is 20.6 Å². The number of nitrogens with zero attached hydrogens (tertiary/aromatic N) is 5. The van der Waals surface area contributed by atoms with Crippen molar-refractivity contribution in [3.05, 3.63) is 54.1 Å². The van der Waals surface area contributed by atoms with Gasteiger partial charge >= 0.3 is 0 Å². The van der Waals surface area contributed by atoms with Gasteiger partial charge in [-0.25, -0.2) is 22.1 Å². The number of imidazole rings is 1. The summed E-state index contributed by atoms with van der Waals surface area (Å²) in [7, 11) is -0.562. The topological polar surface area (TPSA) is 94.1 Å². The van der Waals surface area contributed by atoms with E-state index in [0.29, 0.717) is 23.0 Å². The van der Waals surface area contributed by atoms with Crippen molar-refractivity contribution >= 4 is 32.8 Å². The molecule has 0 aliphatic carbocycles. The van der Waals surface area contributed by atoms with Crippen molar-refractivity contribution in [2.24, 2.45) is 0 Å². The monoisotopic (exact) mass is 461 g/mol. The highest BCUT2D eigenvalue weighted by molar-refractivity contribution is 7.98. The Morgan fingerprint density at radius 3 is 2.65 bits per heavy atom. The summed E-state index contributed by atoms with van der Waals surface area (Å²) in [5.74, 6) is 0.853. The number of aryl methyl sites for hydroxylation is 1. The normalized spacial score (nSPS) is 12.2. The number of hydrogen-bond acceptors (Lipinski definition) is 7. The molecule has 0 N–H and O–H groups in total. The lowest BCUT2D eigenvalue weighted by Gasteiger charge is -2.11. The lowest BCUT2D eigenvalue weighted by Crippen LogP contribution is -2.22. The lowest BCUT2D eigenvalue weighted by molar-refractivity contribution is 0.462. The highest BCUT2D eigenvalue weighted by Gasteiger charge is 2.20. The number of rotatable bonds is 7. The van der Waals surface area contributed by atoms with E-state index < -0.39 is 15.8 Å². The van der Waals surface area contributed by atoms with E-state index in [-0.39, 0.29) is 16.3 Å². The van der Waals surface area contributed by atoms with Gasteiger partial charge in [-0.1, -0.05) is 23.9 Å². The summed E-state index contributed by atoms with van der Waals surface area (Å²) >= 11 is 1.28. The van der Waals surface area contributed by atoms with E-state index in [1.54, 1.807) is 36.4 Å². The summed E-state index contributed by atoms with van der Waals surface area (Å²) in [5.41, 5.74) is 1.68. The molecule has 11 heteroatoms. The number of benzene rings is 2. The molecule has 0 radical (unpaired) electrons. The fourth-order valence-electron chi connectivity index (χ4n) is 3.13. The number of fused-ring (bicyclic) bond motifs is 1. The Morgan fingerprint density at radius 2 is 1.94 bits per heavy atom. The molecule has 0 bridgehead atoms. The Kier molecular flexibility index (Phi) is 5.82. The summed E-state index contributed by atoms with van der Waals surface area (Å²) in [6, 6.07) is 11.1. The molecule has 0 aliphatic heterocycles. The molecule has 0 aliphatic rings. The molecule has 2 heterocycles. The summed E-state index contributed by atoms with van der Waals surface area (Å²) in [4.78, 5) is 4.81. The van der Waals surface area contributed by atoms with Crippen LogP contribution in [0, 0.1) is 5.82 Å². The van der Waals surface area contributed by atoms with Crippen LogP contribution in [0.5, 0.6) is 0 Å². The van der Waals surface area contributed by atoms with Gasteiger partial charge in [0.25, 0.3) is 11.1 Å². The zero-order valence-electron chi connectivity index (χ0n) is 17.1. The van der Waals surface area contributed by atoms with Crippen LogP contribution in [0.4, 0.5) is 4.39 Å². The molecule has 0 fully saturated rings. The Bertz CT molecular complexity index is 1350. The number of hydrogen-bond donors (Lipinski definition) is 0. The van der Waals surface area contributed by atoms with Crippen molar-refractivity contribution in [1.29, 1.82) is 0 Å². The van der Waals surface area contributed by atoms with Crippen molar-refractivity contribution in [2.75, 3.05) is 14.1 Å². The molecular weight excluding hydrogens is 441 g/mol. The van der Waals surface area contributed by atoms with Crippen LogP contribution in [0.1, 0.15) is 12.7 Å². The first-order valence-electron chi connectivity index (χ1n) is 9.44. The zero-order chi connectivity index (χ0) is 22.2. The third kappa shape index (κ3) is 4.08. The quantitative estimate of drug-likeness (QED) is 0.387. The van der Waals surface area contributed by atoms with E-state index in [0.717, 1.165) is 11.3 Å². The summed E-state index contributed by atoms with van der Waals surface area (Å²) in [6.07, 6.45) is 0. The lowest BCUT2D eigenvalue weighted by atomic mass is 10.2. The van der Waals surface area contributed by atoms with Crippen LogP contribution in [0.15, 0.2) is 57.0 Å². The standard InChI is InChI=1S/C20H20FN5O3S2/c1-4-26-17-10-9-13(31(27,28)25(2)3)11-16(17)22-18(26)12-30-20-24-23-19(29-20)14-7-5-6-8-15(14)21/h5-11H,4,12H2,1-3H3. The van der Waals surface area contributed by atoms with Crippen LogP contribution in [-0.4, -0.2) is 46.6 Å². The van der Waals surface area contributed by atoms with Gasteiger partial charge in [-0.2, -0.15) is 0 Å². The first-order valence-corrected chi connectivity index (χ1v) is 11.9. The van der Waals surface area contributed by atoms with E-state index in [1.807, 2.05) is 11.5 Å². The summed E-state index contributed by atoms with van der Waals surface area (Å²) in [5, 5.41) is 8.20. The first-order chi connectivity index (χ1) is 14.8. The van der Waals surface area contributed by atoms with Gasteiger partial charge in [0.2, 0.25) is 10.0 Å². The van der Waals surface area contributed by atoms with Gasteiger partial charge in [0.1, 0.15) is 11.6 Å². The molecule has 4 aromatic rings. The number of thioether (sulfide) groups is 1. The van der Waals surface area contributed by atoms with Gasteiger partial charge in [-0.3, -0.25) is 0 Å². The maximum absolute atomic E-state index is 13.9. The van der Waals surface area contributed by atoms with Gasteiger partial charge in [0.05, 0.1) is 27.2 Å². The molecule has 0 atom stereocenters. The van der Waals surface area contributed by atoms with Crippen molar-refractivity contribution in [3.63, 3.8) is 0 Å².